The number of nitrogens with zero attached hydrogens (tertiary/aromatic N) is 3. The van der Waals surface area contributed by atoms with Gasteiger partial charge in [-0.05, 0) is 69.2 Å². The van der Waals surface area contributed by atoms with Gasteiger partial charge in [0.1, 0.15) is 11.6 Å². The summed E-state index contributed by atoms with van der Waals surface area (Å²) in [5, 5.41) is 0. The van der Waals surface area contributed by atoms with Crippen LogP contribution in [-0.4, -0.2) is 72.8 Å². The maximum absolute atomic E-state index is 12.4. The van der Waals surface area contributed by atoms with Crippen molar-refractivity contribution in [2.75, 3.05) is 45.1 Å². The van der Waals surface area contributed by atoms with Crippen molar-refractivity contribution in [3.05, 3.63) is 83.7 Å². The Hall–Kier alpha value is -2.61. The zero-order chi connectivity index (χ0) is 28.2. The van der Waals surface area contributed by atoms with E-state index in [1.54, 1.807) is 18.0 Å². The molecule has 0 bridgehead atoms. The molecule has 0 aromatic rings. The first kappa shape index (κ1) is 30.4. The molecule has 4 rings (SSSR count). The zero-order valence-electron chi connectivity index (χ0n) is 24.2. The summed E-state index contributed by atoms with van der Waals surface area (Å²) < 4.78 is 16.8. The van der Waals surface area contributed by atoms with Crippen molar-refractivity contribution in [2.45, 2.75) is 58.5 Å². The minimum atomic E-state index is -0.143. The van der Waals surface area contributed by atoms with Gasteiger partial charge in [-0.2, -0.15) is 4.40 Å². The molecule has 0 aromatic heterocycles. The third kappa shape index (κ3) is 8.45. The summed E-state index contributed by atoms with van der Waals surface area (Å²) in [5.74, 6) is 2.80. The van der Waals surface area contributed by atoms with Crippen LogP contribution in [0.1, 0.15) is 52.4 Å². The molecule has 7 heteroatoms. The third-order valence-electron chi connectivity index (χ3n) is 7.92. The summed E-state index contributed by atoms with van der Waals surface area (Å²) in [6.07, 6.45) is 23.9. The maximum Gasteiger partial charge on any atom is 0.311 e. The van der Waals surface area contributed by atoms with E-state index in [0.29, 0.717) is 12.8 Å². The van der Waals surface area contributed by atoms with E-state index in [0.717, 1.165) is 87.9 Å². The molecule has 0 N–H and O–H groups in total. The molecule has 1 aliphatic carbocycles. The van der Waals surface area contributed by atoms with Crippen molar-refractivity contribution in [1.29, 1.82) is 0 Å². The van der Waals surface area contributed by atoms with Crippen molar-refractivity contribution in [2.24, 2.45) is 10.3 Å². The lowest BCUT2D eigenvalue weighted by Gasteiger charge is -2.36. The van der Waals surface area contributed by atoms with Gasteiger partial charge in [-0.3, -0.25) is 9.69 Å². The highest BCUT2D eigenvalue weighted by Gasteiger charge is 2.35. The summed E-state index contributed by atoms with van der Waals surface area (Å²) >= 11 is 1.62. The van der Waals surface area contributed by atoms with E-state index in [1.165, 1.54) is 11.1 Å². The number of allylic oxidation sites excluding steroid dienone is 9. The second-order valence-electron chi connectivity index (χ2n) is 10.6. The summed E-state index contributed by atoms with van der Waals surface area (Å²) in [6, 6.07) is 0. The van der Waals surface area contributed by atoms with Crippen LogP contribution in [0.15, 0.2) is 88.1 Å². The molecular formula is C33H45N3O3S. The van der Waals surface area contributed by atoms with Crippen LogP contribution in [0, 0.1) is 5.92 Å². The summed E-state index contributed by atoms with van der Waals surface area (Å²) in [4.78, 5) is 17.4. The summed E-state index contributed by atoms with van der Waals surface area (Å²) in [6.45, 7) is 13.9. The minimum Gasteiger partial charge on any atom is -0.431 e. The standard InChI is InChI=1S/C33H45N3O3S/c1-4-12-27(13-5-2)30-25-32(37)39-31-24-28(15-16-29(30)31)38-22-10-9-17-35-18-20-36(21-19-35)33-26(6-3)14-8-7-11-23-40-34-33/h4-8,11-14,28,30H,1,9-10,15-25H2,2-3H3/b11-7-,13-5-,14-8+,26-6+,27-12+,34-33+/t28-,30+/m1/s1. The molecule has 3 aliphatic heterocycles. The first-order valence-electron chi connectivity index (χ1n) is 14.8. The topological polar surface area (TPSA) is 54.4 Å². The van der Waals surface area contributed by atoms with Crippen LogP contribution in [0.3, 0.4) is 0 Å². The Balaban J connectivity index is 1.18. The first-order chi connectivity index (χ1) is 19.6. The Kier molecular flexibility index (Phi) is 12.1. The van der Waals surface area contributed by atoms with Crippen LogP contribution in [0.5, 0.6) is 0 Å². The number of rotatable bonds is 9. The molecule has 0 amide bonds. The van der Waals surface area contributed by atoms with Gasteiger partial charge in [0, 0.05) is 56.5 Å². The van der Waals surface area contributed by atoms with Crippen LogP contribution in [-0.2, 0) is 14.3 Å². The van der Waals surface area contributed by atoms with E-state index in [1.807, 2.05) is 19.1 Å². The normalized spacial score (nSPS) is 28.8. The maximum atomic E-state index is 12.4. The monoisotopic (exact) mass is 563 g/mol. The number of carbonyl (C=O) groups is 1. The molecule has 40 heavy (non-hydrogen) atoms. The molecule has 2 atom stereocenters. The van der Waals surface area contributed by atoms with E-state index >= 15 is 0 Å². The van der Waals surface area contributed by atoms with Gasteiger partial charge in [0.15, 0.2) is 0 Å². The lowest BCUT2D eigenvalue weighted by Crippen LogP contribution is -2.49. The lowest BCUT2D eigenvalue weighted by molar-refractivity contribution is -0.142. The van der Waals surface area contributed by atoms with Gasteiger partial charge >= 0.3 is 5.97 Å². The molecule has 3 heterocycles. The van der Waals surface area contributed by atoms with Crippen LogP contribution >= 0.6 is 11.9 Å². The predicted molar refractivity (Wildman–Crippen MR) is 167 cm³/mol. The van der Waals surface area contributed by atoms with Gasteiger partial charge in [-0.15, -0.1) is 0 Å². The molecule has 0 unspecified atom stereocenters. The number of hydrogen-bond acceptors (Lipinski definition) is 7. The fourth-order valence-electron chi connectivity index (χ4n) is 5.82. The van der Waals surface area contributed by atoms with Gasteiger partial charge in [0.2, 0.25) is 0 Å². The number of piperazine rings is 1. The fourth-order valence-corrected chi connectivity index (χ4v) is 6.43. The number of hydrogen-bond donors (Lipinski definition) is 0. The molecule has 0 radical (unpaired) electrons. The third-order valence-corrected chi connectivity index (χ3v) is 8.56. The van der Waals surface area contributed by atoms with Crippen molar-refractivity contribution >= 4 is 23.8 Å². The molecule has 4 aliphatic rings. The van der Waals surface area contributed by atoms with Crippen molar-refractivity contribution in [1.82, 2.24) is 9.80 Å². The molecule has 6 nitrogen and oxygen atoms in total. The molecule has 0 spiro atoms. The van der Waals surface area contributed by atoms with Gasteiger partial charge < -0.3 is 14.4 Å². The van der Waals surface area contributed by atoms with Gasteiger partial charge in [-0.25, -0.2) is 0 Å². The SMILES string of the molecule is C=C/C=C(\C=C/C)[C@@H]1CC(=O)OC2=C1CC[C@@H](OCCCCN1CCN(\C3=N\SC\C=C/C=C/C3=C\C)CC1)C2. The van der Waals surface area contributed by atoms with Crippen molar-refractivity contribution in [3.8, 4) is 0 Å². The molecule has 0 aromatic carbocycles. The van der Waals surface area contributed by atoms with E-state index in [2.05, 4.69) is 59.8 Å². The van der Waals surface area contributed by atoms with E-state index < -0.39 is 0 Å². The predicted octanol–water partition coefficient (Wildman–Crippen LogP) is 6.58. The fraction of sp³-hybridized carbons (Fsp3) is 0.515. The minimum absolute atomic E-state index is 0.0901. The smallest absolute Gasteiger partial charge is 0.311 e. The molecule has 1 fully saturated rings. The van der Waals surface area contributed by atoms with Crippen LogP contribution in [0.25, 0.3) is 0 Å². The number of unbranched alkanes of at least 4 members (excludes halogenated alkanes) is 1. The second-order valence-corrected chi connectivity index (χ2v) is 11.4. The molecule has 216 valence electrons. The van der Waals surface area contributed by atoms with E-state index in [-0.39, 0.29) is 18.0 Å². The number of ether oxygens (including phenoxy) is 2. The average Bonchev–Trinajstić information content (AvgIpc) is 3.08. The summed E-state index contributed by atoms with van der Waals surface area (Å²) in [7, 11) is 0. The Morgan fingerprint density at radius 2 is 2.05 bits per heavy atom. The average molecular weight is 564 g/mol. The molecule has 0 saturated carbocycles. The quantitative estimate of drug-likeness (QED) is 0.137. The first-order valence-corrected chi connectivity index (χ1v) is 15.7. The Labute approximate surface area is 245 Å². The van der Waals surface area contributed by atoms with E-state index in [9.17, 15) is 4.79 Å². The zero-order valence-corrected chi connectivity index (χ0v) is 25.0. The van der Waals surface area contributed by atoms with Gasteiger partial charge in [-0.1, -0.05) is 61.3 Å². The number of carbonyl (C=O) groups excluding carboxylic acids is 1. The van der Waals surface area contributed by atoms with Crippen molar-refractivity contribution < 1.29 is 14.3 Å². The second kappa shape index (κ2) is 16.0. The molecule has 1 saturated heterocycles. The van der Waals surface area contributed by atoms with Gasteiger partial charge in [0.25, 0.3) is 0 Å². The number of esters is 1. The Bertz CT molecular complexity index is 1110. The lowest BCUT2D eigenvalue weighted by atomic mass is 9.79. The Morgan fingerprint density at radius 3 is 2.83 bits per heavy atom. The largest absolute Gasteiger partial charge is 0.431 e. The van der Waals surface area contributed by atoms with Crippen LogP contribution in [0.2, 0.25) is 0 Å². The number of amidine groups is 1. The van der Waals surface area contributed by atoms with E-state index in [4.69, 9.17) is 13.9 Å². The molecular weight excluding hydrogens is 518 g/mol. The Morgan fingerprint density at radius 1 is 1.20 bits per heavy atom. The summed E-state index contributed by atoms with van der Waals surface area (Å²) in [5.41, 5.74) is 3.59. The highest BCUT2D eigenvalue weighted by atomic mass is 32.2. The van der Waals surface area contributed by atoms with Gasteiger partial charge in [0.05, 0.1) is 12.5 Å². The highest BCUT2D eigenvalue weighted by Crippen LogP contribution is 2.41. The highest BCUT2D eigenvalue weighted by molar-refractivity contribution is 7.98. The van der Waals surface area contributed by atoms with Crippen LogP contribution in [0.4, 0.5) is 0 Å². The van der Waals surface area contributed by atoms with Crippen molar-refractivity contribution in [3.63, 3.8) is 0 Å². The van der Waals surface area contributed by atoms with Crippen LogP contribution < -0.4 is 0 Å².